The second kappa shape index (κ2) is 5.97. The standard InChI is InChI=1S/C12H15ClFNO/c1-3-12(16)10(7-15-2)9-5-4-8(13)6-11(9)14/h4-6,10,15H,3,7H2,1-2H3. The third-order valence-corrected chi connectivity index (χ3v) is 2.72. The van der Waals surface area contributed by atoms with Gasteiger partial charge in [0.05, 0.1) is 5.92 Å². The molecule has 2 nitrogen and oxygen atoms in total. The highest BCUT2D eigenvalue weighted by atomic mass is 35.5. The Morgan fingerprint density at radius 2 is 2.25 bits per heavy atom. The van der Waals surface area contributed by atoms with E-state index in [2.05, 4.69) is 5.32 Å². The van der Waals surface area contributed by atoms with Crippen LogP contribution in [-0.2, 0) is 4.79 Å². The maximum absolute atomic E-state index is 13.7. The number of hydrogen-bond acceptors (Lipinski definition) is 2. The Labute approximate surface area is 99.8 Å². The van der Waals surface area contributed by atoms with Crippen molar-refractivity contribution in [1.82, 2.24) is 5.32 Å². The summed E-state index contributed by atoms with van der Waals surface area (Å²) in [6.07, 6.45) is 0.397. The van der Waals surface area contributed by atoms with Crippen LogP contribution in [0, 0.1) is 5.82 Å². The Morgan fingerprint density at radius 1 is 1.56 bits per heavy atom. The molecule has 1 aromatic carbocycles. The van der Waals surface area contributed by atoms with Crippen molar-refractivity contribution in [2.24, 2.45) is 0 Å². The highest BCUT2D eigenvalue weighted by Gasteiger charge is 2.21. The Kier molecular flexibility index (Phi) is 4.90. The molecular formula is C12H15ClFNO. The highest BCUT2D eigenvalue weighted by molar-refractivity contribution is 6.30. The lowest BCUT2D eigenvalue weighted by atomic mass is 9.93. The Bertz CT molecular complexity index is 381. The number of likely N-dealkylation sites (N-methyl/N-ethyl adjacent to an activating group) is 1. The van der Waals surface area contributed by atoms with Crippen molar-refractivity contribution in [2.45, 2.75) is 19.3 Å². The number of ketones is 1. The van der Waals surface area contributed by atoms with E-state index in [1.807, 2.05) is 0 Å². The molecule has 0 amide bonds. The Balaban J connectivity index is 3.05. The predicted octanol–water partition coefficient (Wildman–Crippen LogP) is 2.76. The van der Waals surface area contributed by atoms with Crippen LogP contribution < -0.4 is 5.32 Å². The molecule has 88 valence electrons. The molecular weight excluding hydrogens is 229 g/mol. The minimum atomic E-state index is -0.438. The third-order valence-electron chi connectivity index (χ3n) is 2.48. The fraction of sp³-hybridized carbons (Fsp3) is 0.417. The molecule has 1 rings (SSSR count). The van der Waals surface area contributed by atoms with Gasteiger partial charge < -0.3 is 5.32 Å². The highest BCUT2D eigenvalue weighted by Crippen LogP contribution is 2.23. The van der Waals surface area contributed by atoms with E-state index in [0.717, 1.165) is 0 Å². The first-order valence-corrected chi connectivity index (χ1v) is 5.60. The smallest absolute Gasteiger partial charge is 0.141 e. The van der Waals surface area contributed by atoms with Gasteiger partial charge in [-0.3, -0.25) is 4.79 Å². The SMILES string of the molecule is CCC(=O)C(CNC)c1ccc(Cl)cc1F. The molecule has 0 spiro atoms. The molecule has 16 heavy (non-hydrogen) atoms. The summed E-state index contributed by atoms with van der Waals surface area (Å²) >= 11 is 5.67. The average Bonchev–Trinajstić information content (AvgIpc) is 2.26. The summed E-state index contributed by atoms with van der Waals surface area (Å²) in [7, 11) is 1.74. The number of carbonyl (C=O) groups is 1. The zero-order valence-electron chi connectivity index (χ0n) is 9.39. The summed E-state index contributed by atoms with van der Waals surface area (Å²) in [4.78, 5) is 11.7. The molecule has 0 saturated heterocycles. The quantitative estimate of drug-likeness (QED) is 0.862. The molecule has 4 heteroatoms. The van der Waals surface area contributed by atoms with Gasteiger partial charge in [-0.25, -0.2) is 4.39 Å². The maximum atomic E-state index is 13.7. The summed E-state index contributed by atoms with van der Waals surface area (Å²) < 4.78 is 13.7. The first-order valence-electron chi connectivity index (χ1n) is 5.22. The summed E-state index contributed by atoms with van der Waals surface area (Å²) in [5.74, 6) is -0.836. The van der Waals surface area contributed by atoms with Crippen LogP contribution in [0.4, 0.5) is 4.39 Å². The van der Waals surface area contributed by atoms with Crippen molar-refractivity contribution in [1.29, 1.82) is 0 Å². The molecule has 1 aromatic rings. The largest absolute Gasteiger partial charge is 0.319 e. The second-order valence-corrected chi connectivity index (χ2v) is 4.03. The normalized spacial score (nSPS) is 12.5. The zero-order chi connectivity index (χ0) is 12.1. The number of carbonyl (C=O) groups excluding carboxylic acids is 1. The Morgan fingerprint density at radius 3 is 2.75 bits per heavy atom. The lowest BCUT2D eigenvalue weighted by molar-refractivity contribution is -0.120. The summed E-state index contributed by atoms with van der Waals surface area (Å²) in [5, 5.41) is 3.24. The van der Waals surface area contributed by atoms with E-state index in [-0.39, 0.29) is 5.78 Å². The molecule has 1 unspecified atom stereocenters. The molecule has 1 atom stereocenters. The van der Waals surface area contributed by atoms with Crippen LogP contribution in [0.25, 0.3) is 0 Å². The number of halogens is 2. The summed E-state index contributed by atoms with van der Waals surface area (Å²) in [6.45, 7) is 2.21. The fourth-order valence-corrected chi connectivity index (χ4v) is 1.79. The molecule has 0 aliphatic carbocycles. The van der Waals surface area contributed by atoms with E-state index in [0.29, 0.717) is 23.6 Å². The number of nitrogens with one attached hydrogen (secondary N) is 1. The number of hydrogen-bond donors (Lipinski definition) is 1. The van der Waals surface area contributed by atoms with E-state index in [9.17, 15) is 9.18 Å². The van der Waals surface area contributed by atoms with Gasteiger partial charge in [0.15, 0.2) is 0 Å². The van der Waals surface area contributed by atoms with Crippen molar-refractivity contribution in [3.05, 3.63) is 34.6 Å². The van der Waals surface area contributed by atoms with Gasteiger partial charge in [0.25, 0.3) is 0 Å². The van der Waals surface area contributed by atoms with Crippen LogP contribution in [0.2, 0.25) is 5.02 Å². The monoisotopic (exact) mass is 243 g/mol. The predicted molar refractivity (Wildman–Crippen MR) is 63.4 cm³/mol. The molecule has 0 aromatic heterocycles. The maximum Gasteiger partial charge on any atom is 0.141 e. The topological polar surface area (TPSA) is 29.1 Å². The van der Waals surface area contributed by atoms with E-state index < -0.39 is 11.7 Å². The number of benzene rings is 1. The van der Waals surface area contributed by atoms with Crippen molar-refractivity contribution in [2.75, 3.05) is 13.6 Å². The fourth-order valence-electron chi connectivity index (χ4n) is 1.63. The van der Waals surface area contributed by atoms with Crippen molar-refractivity contribution in [3.8, 4) is 0 Å². The molecule has 0 radical (unpaired) electrons. The lowest BCUT2D eigenvalue weighted by Gasteiger charge is -2.15. The van der Waals surface area contributed by atoms with Gasteiger partial charge in [-0.2, -0.15) is 0 Å². The van der Waals surface area contributed by atoms with Crippen molar-refractivity contribution >= 4 is 17.4 Å². The van der Waals surface area contributed by atoms with E-state index in [1.54, 1.807) is 26.1 Å². The number of rotatable bonds is 5. The van der Waals surface area contributed by atoms with Gasteiger partial charge >= 0.3 is 0 Å². The van der Waals surface area contributed by atoms with E-state index in [1.165, 1.54) is 6.07 Å². The van der Waals surface area contributed by atoms with Gasteiger partial charge in [-0.05, 0) is 24.7 Å². The molecule has 0 heterocycles. The van der Waals surface area contributed by atoms with Gasteiger partial charge in [-0.15, -0.1) is 0 Å². The minimum absolute atomic E-state index is 0.0237. The summed E-state index contributed by atoms with van der Waals surface area (Å²) in [6, 6.07) is 4.42. The second-order valence-electron chi connectivity index (χ2n) is 3.60. The third kappa shape index (κ3) is 3.03. The van der Waals surface area contributed by atoms with E-state index >= 15 is 0 Å². The van der Waals surface area contributed by atoms with Crippen LogP contribution >= 0.6 is 11.6 Å². The van der Waals surface area contributed by atoms with Crippen LogP contribution in [-0.4, -0.2) is 19.4 Å². The lowest BCUT2D eigenvalue weighted by Crippen LogP contribution is -2.24. The molecule has 0 fully saturated rings. The first-order chi connectivity index (χ1) is 7.60. The minimum Gasteiger partial charge on any atom is -0.319 e. The van der Waals surface area contributed by atoms with Crippen LogP contribution in [0.1, 0.15) is 24.8 Å². The Hall–Kier alpha value is -0.930. The van der Waals surface area contributed by atoms with Crippen LogP contribution in [0.3, 0.4) is 0 Å². The molecule has 0 aliphatic rings. The van der Waals surface area contributed by atoms with Crippen LogP contribution in [0.15, 0.2) is 18.2 Å². The van der Waals surface area contributed by atoms with Gasteiger partial charge in [0, 0.05) is 18.0 Å². The van der Waals surface area contributed by atoms with Crippen molar-refractivity contribution < 1.29 is 9.18 Å². The molecule has 0 aliphatic heterocycles. The molecule has 0 saturated carbocycles. The van der Waals surface area contributed by atoms with Gasteiger partial charge in [0.1, 0.15) is 11.6 Å². The van der Waals surface area contributed by atoms with E-state index in [4.69, 9.17) is 11.6 Å². The van der Waals surface area contributed by atoms with Gasteiger partial charge in [0.2, 0.25) is 0 Å². The first kappa shape index (κ1) is 13.1. The molecule has 1 N–H and O–H groups in total. The van der Waals surface area contributed by atoms with Crippen molar-refractivity contribution in [3.63, 3.8) is 0 Å². The van der Waals surface area contributed by atoms with Gasteiger partial charge in [-0.1, -0.05) is 24.6 Å². The summed E-state index contributed by atoms with van der Waals surface area (Å²) in [5.41, 5.74) is 0.408. The number of Topliss-reactive ketones (excluding diaryl/α,β-unsaturated/α-hetero) is 1. The van der Waals surface area contributed by atoms with Crippen LogP contribution in [0.5, 0.6) is 0 Å². The molecule has 0 bridgehead atoms. The average molecular weight is 244 g/mol. The zero-order valence-corrected chi connectivity index (χ0v) is 10.1.